The third-order valence-electron chi connectivity index (χ3n) is 3.43. The summed E-state index contributed by atoms with van der Waals surface area (Å²) in [5.41, 5.74) is 2.77. The average molecular weight is 296 g/mol. The Bertz CT molecular complexity index is 595. The largest absolute Gasteiger partial charge is 0.305 e. The van der Waals surface area contributed by atoms with Gasteiger partial charge in [0.15, 0.2) is 0 Å². The molecular formula is C15H19ClFN3. The van der Waals surface area contributed by atoms with Gasteiger partial charge in [-0.1, -0.05) is 30.7 Å². The first kappa shape index (κ1) is 15.0. The van der Waals surface area contributed by atoms with Crippen LogP contribution in [0.25, 0.3) is 0 Å². The van der Waals surface area contributed by atoms with Crippen molar-refractivity contribution in [3.05, 3.63) is 52.1 Å². The molecule has 0 amide bonds. The van der Waals surface area contributed by atoms with Crippen molar-refractivity contribution in [1.82, 2.24) is 15.1 Å². The van der Waals surface area contributed by atoms with E-state index in [2.05, 4.69) is 10.4 Å². The van der Waals surface area contributed by atoms with Crippen LogP contribution in [0.5, 0.6) is 0 Å². The van der Waals surface area contributed by atoms with Gasteiger partial charge in [-0.25, -0.2) is 4.39 Å². The normalized spacial score (nSPS) is 12.7. The van der Waals surface area contributed by atoms with Crippen LogP contribution in [0, 0.1) is 5.82 Å². The monoisotopic (exact) mass is 295 g/mol. The minimum Gasteiger partial charge on any atom is -0.305 e. The Labute approximate surface area is 123 Å². The molecule has 108 valence electrons. The van der Waals surface area contributed by atoms with Crippen LogP contribution in [0.15, 0.2) is 24.3 Å². The standard InChI is InChI=1S/C15H19ClFN3/c1-4-13-15(16)14(20(3)19-13)9-18-10(2)11-6-5-7-12(17)8-11/h5-8,10,18H,4,9H2,1-3H3. The van der Waals surface area contributed by atoms with Crippen molar-refractivity contribution >= 4 is 11.6 Å². The summed E-state index contributed by atoms with van der Waals surface area (Å²) in [6.07, 6.45) is 0.812. The lowest BCUT2D eigenvalue weighted by Gasteiger charge is -2.14. The Morgan fingerprint density at radius 3 is 2.80 bits per heavy atom. The van der Waals surface area contributed by atoms with Crippen LogP contribution >= 0.6 is 11.6 Å². The van der Waals surface area contributed by atoms with Crippen LogP contribution < -0.4 is 5.32 Å². The second-order valence-corrected chi connectivity index (χ2v) is 5.22. The van der Waals surface area contributed by atoms with Gasteiger partial charge in [0.25, 0.3) is 0 Å². The fourth-order valence-corrected chi connectivity index (χ4v) is 2.52. The molecule has 0 aliphatic rings. The van der Waals surface area contributed by atoms with Crippen molar-refractivity contribution in [2.75, 3.05) is 0 Å². The smallest absolute Gasteiger partial charge is 0.123 e. The molecule has 1 atom stereocenters. The van der Waals surface area contributed by atoms with E-state index < -0.39 is 0 Å². The average Bonchev–Trinajstić information content (AvgIpc) is 2.71. The molecule has 0 radical (unpaired) electrons. The van der Waals surface area contributed by atoms with Crippen LogP contribution in [0.1, 0.15) is 36.8 Å². The van der Waals surface area contributed by atoms with Crippen LogP contribution in [-0.4, -0.2) is 9.78 Å². The van der Waals surface area contributed by atoms with Gasteiger partial charge in [0.2, 0.25) is 0 Å². The number of nitrogens with one attached hydrogen (secondary N) is 1. The Balaban J connectivity index is 2.07. The molecule has 0 fully saturated rings. The summed E-state index contributed by atoms with van der Waals surface area (Å²) in [6, 6.07) is 6.65. The van der Waals surface area contributed by atoms with Gasteiger partial charge in [-0.2, -0.15) is 5.10 Å². The van der Waals surface area contributed by atoms with Gasteiger partial charge in [0.05, 0.1) is 16.4 Å². The quantitative estimate of drug-likeness (QED) is 0.913. The Morgan fingerprint density at radius 2 is 2.20 bits per heavy atom. The molecule has 2 aromatic rings. The van der Waals surface area contributed by atoms with Crippen LogP contribution in [0.2, 0.25) is 5.02 Å². The van der Waals surface area contributed by atoms with Crippen molar-refractivity contribution < 1.29 is 4.39 Å². The van der Waals surface area contributed by atoms with E-state index in [1.807, 2.05) is 27.0 Å². The number of hydrogen-bond donors (Lipinski definition) is 1. The van der Waals surface area contributed by atoms with E-state index in [4.69, 9.17) is 11.6 Å². The molecule has 2 rings (SSSR count). The van der Waals surface area contributed by atoms with Crippen molar-refractivity contribution in [1.29, 1.82) is 0 Å². The van der Waals surface area contributed by atoms with Crippen LogP contribution in [0.3, 0.4) is 0 Å². The predicted molar refractivity (Wildman–Crippen MR) is 79.3 cm³/mol. The van der Waals surface area contributed by atoms with Gasteiger partial charge in [0.1, 0.15) is 5.82 Å². The molecular weight excluding hydrogens is 277 g/mol. The summed E-state index contributed by atoms with van der Waals surface area (Å²) in [7, 11) is 1.88. The fraction of sp³-hybridized carbons (Fsp3) is 0.400. The lowest BCUT2D eigenvalue weighted by atomic mass is 10.1. The van der Waals surface area contributed by atoms with Crippen molar-refractivity contribution in [2.45, 2.75) is 32.9 Å². The molecule has 3 nitrogen and oxygen atoms in total. The van der Waals surface area contributed by atoms with Crippen LogP contribution in [0.4, 0.5) is 4.39 Å². The second-order valence-electron chi connectivity index (χ2n) is 4.84. The molecule has 1 aromatic carbocycles. The molecule has 1 unspecified atom stereocenters. The zero-order valence-corrected chi connectivity index (χ0v) is 12.7. The zero-order chi connectivity index (χ0) is 14.7. The van der Waals surface area contributed by atoms with E-state index in [-0.39, 0.29) is 11.9 Å². The molecule has 1 N–H and O–H groups in total. The maximum absolute atomic E-state index is 13.2. The van der Waals surface area contributed by atoms with Crippen molar-refractivity contribution in [2.24, 2.45) is 7.05 Å². The highest BCUT2D eigenvalue weighted by Gasteiger charge is 2.14. The molecule has 0 bridgehead atoms. The van der Waals surface area contributed by atoms with E-state index in [1.165, 1.54) is 6.07 Å². The molecule has 1 aromatic heterocycles. The minimum absolute atomic E-state index is 0.0433. The molecule has 5 heteroatoms. The number of rotatable bonds is 5. The summed E-state index contributed by atoms with van der Waals surface area (Å²) < 4.78 is 15.0. The Kier molecular flexibility index (Phi) is 4.78. The lowest BCUT2D eigenvalue weighted by Crippen LogP contribution is -2.20. The number of aromatic nitrogens is 2. The van der Waals surface area contributed by atoms with E-state index in [9.17, 15) is 4.39 Å². The highest BCUT2D eigenvalue weighted by atomic mass is 35.5. The number of benzene rings is 1. The van der Waals surface area contributed by atoms with E-state index in [0.717, 1.165) is 23.4 Å². The van der Waals surface area contributed by atoms with E-state index in [0.29, 0.717) is 11.6 Å². The highest BCUT2D eigenvalue weighted by molar-refractivity contribution is 6.31. The minimum atomic E-state index is -0.219. The van der Waals surface area contributed by atoms with E-state index in [1.54, 1.807) is 16.8 Å². The number of aryl methyl sites for hydroxylation is 2. The van der Waals surface area contributed by atoms with E-state index >= 15 is 0 Å². The molecule has 0 spiro atoms. The zero-order valence-electron chi connectivity index (χ0n) is 12.0. The summed E-state index contributed by atoms with van der Waals surface area (Å²) in [6.45, 7) is 4.63. The molecule has 0 aliphatic carbocycles. The first-order chi connectivity index (χ1) is 9.52. The first-order valence-corrected chi connectivity index (χ1v) is 7.09. The highest BCUT2D eigenvalue weighted by Crippen LogP contribution is 2.22. The SMILES string of the molecule is CCc1nn(C)c(CNC(C)c2cccc(F)c2)c1Cl. The first-order valence-electron chi connectivity index (χ1n) is 6.72. The summed E-state index contributed by atoms with van der Waals surface area (Å²) >= 11 is 6.30. The van der Waals surface area contributed by atoms with Gasteiger partial charge < -0.3 is 5.32 Å². The maximum Gasteiger partial charge on any atom is 0.123 e. The molecule has 20 heavy (non-hydrogen) atoms. The topological polar surface area (TPSA) is 29.9 Å². The summed E-state index contributed by atoms with van der Waals surface area (Å²) in [5.74, 6) is -0.219. The van der Waals surface area contributed by atoms with Gasteiger partial charge in [0, 0.05) is 19.6 Å². The molecule has 1 heterocycles. The van der Waals surface area contributed by atoms with Gasteiger partial charge >= 0.3 is 0 Å². The number of halogens is 2. The lowest BCUT2D eigenvalue weighted by molar-refractivity contribution is 0.542. The number of hydrogen-bond acceptors (Lipinski definition) is 2. The van der Waals surface area contributed by atoms with Gasteiger partial charge in [-0.3, -0.25) is 4.68 Å². The van der Waals surface area contributed by atoms with Crippen LogP contribution in [-0.2, 0) is 20.0 Å². The predicted octanol–water partition coefficient (Wildman–Crippen LogP) is 3.63. The van der Waals surface area contributed by atoms with Gasteiger partial charge in [-0.15, -0.1) is 0 Å². The Hall–Kier alpha value is -1.39. The fourth-order valence-electron chi connectivity index (χ4n) is 2.16. The third-order valence-corrected chi connectivity index (χ3v) is 3.86. The number of nitrogens with zero attached hydrogens (tertiary/aromatic N) is 2. The molecule has 0 saturated carbocycles. The summed E-state index contributed by atoms with van der Waals surface area (Å²) in [4.78, 5) is 0. The molecule has 0 aliphatic heterocycles. The third kappa shape index (κ3) is 3.19. The maximum atomic E-state index is 13.2. The van der Waals surface area contributed by atoms with Crippen molar-refractivity contribution in [3.8, 4) is 0 Å². The summed E-state index contributed by atoms with van der Waals surface area (Å²) in [5, 5.41) is 8.44. The van der Waals surface area contributed by atoms with Crippen molar-refractivity contribution in [3.63, 3.8) is 0 Å². The second kappa shape index (κ2) is 6.37. The van der Waals surface area contributed by atoms with Gasteiger partial charge in [-0.05, 0) is 31.0 Å². The molecule has 0 saturated heterocycles. The Morgan fingerprint density at radius 1 is 1.45 bits per heavy atom.